The minimum atomic E-state index is -3.50. The zero-order chi connectivity index (χ0) is 18.0. The molecular formula is C16H17N3O4S2. The van der Waals surface area contributed by atoms with Crippen molar-refractivity contribution in [3.8, 4) is 0 Å². The summed E-state index contributed by atoms with van der Waals surface area (Å²) >= 11 is 1.14. The van der Waals surface area contributed by atoms with Gasteiger partial charge < -0.3 is 0 Å². The topological polar surface area (TPSA) is 93.4 Å². The van der Waals surface area contributed by atoms with Crippen molar-refractivity contribution in [3.63, 3.8) is 0 Å². The van der Waals surface area contributed by atoms with Crippen LogP contribution in [0.1, 0.15) is 18.4 Å². The molecular weight excluding hydrogens is 362 g/mol. The molecule has 0 saturated carbocycles. The van der Waals surface area contributed by atoms with Gasteiger partial charge in [0.15, 0.2) is 0 Å². The van der Waals surface area contributed by atoms with Gasteiger partial charge in [-0.2, -0.15) is 4.31 Å². The van der Waals surface area contributed by atoms with E-state index in [2.05, 4.69) is 4.98 Å². The van der Waals surface area contributed by atoms with Crippen LogP contribution < -0.4 is 0 Å². The number of pyridine rings is 1. The minimum Gasteiger partial charge on any atom is -0.258 e. The largest absolute Gasteiger partial charge is 0.283 e. The number of benzene rings is 1. The molecule has 9 heteroatoms. The Balaban J connectivity index is 1.83. The Hall–Kier alpha value is -1.97. The van der Waals surface area contributed by atoms with Crippen molar-refractivity contribution in [2.24, 2.45) is 0 Å². The second-order valence-electron chi connectivity index (χ2n) is 5.77. The molecule has 2 aromatic rings. The van der Waals surface area contributed by atoms with Gasteiger partial charge in [0, 0.05) is 25.4 Å². The average molecular weight is 379 g/mol. The Morgan fingerprint density at radius 1 is 1.20 bits per heavy atom. The van der Waals surface area contributed by atoms with Gasteiger partial charge >= 0.3 is 0 Å². The van der Waals surface area contributed by atoms with Crippen LogP contribution in [0.4, 0.5) is 5.69 Å². The van der Waals surface area contributed by atoms with Crippen molar-refractivity contribution in [3.05, 3.63) is 52.2 Å². The summed E-state index contributed by atoms with van der Waals surface area (Å²) in [6.07, 6.45) is 3.06. The average Bonchev–Trinajstić information content (AvgIpc) is 3.12. The SMILES string of the molecule is Cc1ccc(Sc2ccc(S(=O)(=O)N3CCCC3)cn2)c([N+](=O)[O-])c1. The second kappa shape index (κ2) is 7.11. The van der Waals surface area contributed by atoms with E-state index >= 15 is 0 Å². The molecule has 0 N–H and O–H groups in total. The van der Waals surface area contributed by atoms with E-state index in [1.807, 2.05) is 0 Å². The van der Waals surface area contributed by atoms with Crippen LogP contribution >= 0.6 is 11.8 Å². The Morgan fingerprint density at radius 3 is 2.52 bits per heavy atom. The molecule has 1 aromatic heterocycles. The van der Waals surface area contributed by atoms with Crippen LogP contribution in [0.15, 0.2) is 51.3 Å². The molecule has 2 heterocycles. The number of nitro groups is 1. The molecule has 25 heavy (non-hydrogen) atoms. The number of aryl methyl sites for hydroxylation is 1. The molecule has 3 rings (SSSR count). The third kappa shape index (κ3) is 3.83. The van der Waals surface area contributed by atoms with E-state index in [0.717, 1.165) is 30.2 Å². The first kappa shape index (κ1) is 17.8. The standard InChI is InChI=1S/C16H17N3O4S2/c1-12-4-6-15(14(10-12)19(20)21)24-16-7-5-13(11-17-16)25(22,23)18-8-2-3-9-18/h4-7,10-11H,2-3,8-9H2,1H3. The lowest BCUT2D eigenvalue weighted by atomic mass is 10.2. The Kier molecular flexibility index (Phi) is 5.07. The van der Waals surface area contributed by atoms with E-state index in [-0.39, 0.29) is 10.6 Å². The van der Waals surface area contributed by atoms with Gasteiger partial charge in [0.1, 0.15) is 9.92 Å². The third-order valence-corrected chi connectivity index (χ3v) is 6.84. The maximum absolute atomic E-state index is 12.5. The highest BCUT2D eigenvalue weighted by Crippen LogP contribution is 2.34. The fraction of sp³-hybridized carbons (Fsp3) is 0.312. The first-order valence-electron chi connectivity index (χ1n) is 7.77. The van der Waals surface area contributed by atoms with E-state index in [0.29, 0.717) is 23.0 Å². The zero-order valence-corrected chi connectivity index (χ0v) is 15.2. The maximum Gasteiger partial charge on any atom is 0.283 e. The summed E-state index contributed by atoms with van der Waals surface area (Å²) in [5.41, 5.74) is 0.816. The summed E-state index contributed by atoms with van der Waals surface area (Å²) < 4.78 is 26.4. The predicted molar refractivity (Wildman–Crippen MR) is 94.2 cm³/mol. The maximum atomic E-state index is 12.5. The van der Waals surface area contributed by atoms with E-state index < -0.39 is 14.9 Å². The van der Waals surface area contributed by atoms with Crippen molar-refractivity contribution < 1.29 is 13.3 Å². The second-order valence-corrected chi connectivity index (χ2v) is 8.77. The normalized spacial score (nSPS) is 15.4. The highest BCUT2D eigenvalue weighted by molar-refractivity contribution is 7.99. The summed E-state index contributed by atoms with van der Waals surface area (Å²) in [6.45, 7) is 2.86. The molecule has 1 saturated heterocycles. The van der Waals surface area contributed by atoms with Crippen LogP contribution in [-0.2, 0) is 10.0 Å². The zero-order valence-electron chi connectivity index (χ0n) is 13.6. The summed E-state index contributed by atoms with van der Waals surface area (Å²) in [5.74, 6) is 0. The van der Waals surface area contributed by atoms with Crippen LogP contribution in [0, 0.1) is 17.0 Å². The van der Waals surface area contributed by atoms with Gasteiger partial charge in [0.05, 0.1) is 9.82 Å². The number of nitro benzene ring substituents is 1. The first-order chi connectivity index (χ1) is 11.9. The van der Waals surface area contributed by atoms with Gasteiger partial charge in [-0.25, -0.2) is 13.4 Å². The summed E-state index contributed by atoms with van der Waals surface area (Å²) in [4.78, 5) is 15.5. The number of sulfonamides is 1. The number of nitrogens with zero attached hydrogens (tertiary/aromatic N) is 3. The number of aromatic nitrogens is 1. The van der Waals surface area contributed by atoms with Gasteiger partial charge in [-0.3, -0.25) is 10.1 Å². The fourth-order valence-electron chi connectivity index (χ4n) is 2.63. The Morgan fingerprint density at radius 2 is 1.92 bits per heavy atom. The monoisotopic (exact) mass is 379 g/mol. The minimum absolute atomic E-state index is 0.0144. The molecule has 1 aliphatic heterocycles. The lowest BCUT2D eigenvalue weighted by Gasteiger charge is -2.15. The van der Waals surface area contributed by atoms with E-state index in [4.69, 9.17) is 0 Å². The lowest BCUT2D eigenvalue weighted by Crippen LogP contribution is -2.27. The molecule has 0 amide bonds. The number of hydrogen-bond donors (Lipinski definition) is 0. The molecule has 1 aromatic carbocycles. The van der Waals surface area contributed by atoms with E-state index in [1.54, 1.807) is 25.1 Å². The number of rotatable bonds is 5. The van der Waals surface area contributed by atoms with Crippen LogP contribution in [0.25, 0.3) is 0 Å². The van der Waals surface area contributed by atoms with Gasteiger partial charge in [-0.05, 0) is 43.5 Å². The molecule has 7 nitrogen and oxygen atoms in total. The van der Waals surface area contributed by atoms with Crippen molar-refractivity contribution in [1.82, 2.24) is 9.29 Å². The highest BCUT2D eigenvalue weighted by Gasteiger charge is 2.27. The molecule has 0 unspecified atom stereocenters. The van der Waals surface area contributed by atoms with Gasteiger partial charge in [-0.1, -0.05) is 17.8 Å². The number of hydrogen-bond acceptors (Lipinski definition) is 6. The van der Waals surface area contributed by atoms with Crippen LogP contribution in [0.3, 0.4) is 0 Å². The summed E-state index contributed by atoms with van der Waals surface area (Å²) in [5, 5.41) is 11.7. The Bertz CT molecular complexity index is 892. The van der Waals surface area contributed by atoms with Crippen LogP contribution in [-0.4, -0.2) is 35.7 Å². The fourth-order valence-corrected chi connectivity index (χ4v) is 4.93. The quantitative estimate of drug-likeness (QED) is 0.585. The van der Waals surface area contributed by atoms with Gasteiger partial charge in [0.25, 0.3) is 5.69 Å². The molecule has 0 bridgehead atoms. The van der Waals surface area contributed by atoms with E-state index in [1.165, 1.54) is 22.6 Å². The molecule has 1 fully saturated rings. The lowest BCUT2D eigenvalue weighted by molar-refractivity contribution is -0.387. The molecule has 0 aliphatic carbocycles. The van der Waals surface area contributed by atoms with Crippen molar-refractivity contribution in [1.29, 1.82) is 0 Å². The summed E-state index contributed by atoms with van der Waals surface area (Å²) in [7, 11) is -3.50. The molecule has 0 radical (unpaired) electrons. The van der Waals surface area contributed by atoms with Crippen LogP contribution in [0.5, 0.6) is 0 Å². The van der Waals surface area contributed by atoms with Crippen LogP contribution in [0.2, 0.25) is 0 Å². The highest BCUT2D eigenvalue weighted by atomic mass is 32.2. The molecule has 0 spiro atoms. The van der Waals surface area contributed by atoms with Crippen molar-refractivity contribution in [2.45, 2.75) is 34.6 Å². The molecule has 0 atom stereocenters. The third-order valence-electron chi connectivity index (χ3n) is 3.94. The van der Waals surface area contributed by atoms with Crippen molar-refractivity contribution >= 4 is 27.5 Å². The smallest absolute Gasteiger partial charge is 0.258 e. The van der Waals surface area contributed by atoms with E-state index in [9.17, 15) is 18.5 Å². The van der Waals surface area contributed by atoms with Gasteiger partial charge in [0.2, 0.25) is 10.0 Å². The molecule has 132 valence electrons. The first-order valence-corrected chi connectivity index (χ1v) is 10.0. The molecule has 1 aliphatic rings. The van der Waals surface area contributed by atoms with Crippen molar-refractivity contribution in [2.75, 3.05) is 13.1 Å². The van der Waals surface area contributed by atoms with Gasteiger partial charge in [-0.15, -0.1) is 0 Å². The predicted octanol–water partition coefficient (Wildman–Crippen LogP) is 3.23. The Labute approximate surface area is 150 Å². The summed E-state index contributed by atoms with van der Waals surface area (Å²) in [6, 6.07) is 8.06.